The SMILES string of the molecule is CCCC1CC2(CC(=O)C2(Cl)Cl)C1. The summed E-state index contributed by atoms with van der Waals surface area (Å²) in [6.07, 6.45) is 5.19. The monoisotopic (exact) mass is 220 g/mol. The highest BCUT2D eigenvalue weighted by atomic mass is 35.5. The molecule has 0 aromatic heterocycles. The molecule has 0 bridgehead atoms. The van der Waals surface area contributed by atoms with Crippen LogP contribution in [0, 0.1) is 11.3 Å². The van der Waals surface area contributed by atoms with E-state index in [0.717, 1.165) is 18.8 Å². The van der Waals surface area contributed by atoms with Gasteiger partial charge in [0.1, 0.15) is 0 Å². The van der Waals surface area contributed by atoms with Crippen molar-refractivity contribution in [2.45, 2.75) is 43.4 Å². The topological polar surface area (TPSA) is 17.1 Å². The fourth-order valence-electron chi connectivity index (χ4n) is 2.78. The molecule has 1 nitrogen and oxygen atoms in total. The van der Waals surface area contributed by atoms with Gasteiger partial charge in [-0.1, -0.05) is 43.0 Å². The molecule has 1 spiro atoms. The molecule has 0 atom stereocenters. The van der Waals surface area contributed by atoms with Gasteiger partial charge in [-0.2, -0.15) is 0 Å². The van der Waals surface area contributed by atoms with Crippen molar-refractivity contribution in [3.8, 4) is 0 Å². The van der Waals surface area contributed by atoms with Crippen LogP contribution in [-0.4, -0.2) is 10.1 Å². The second-order valence-corrected chi connectivity index (χ2v) is 5.84. The molecule has 2 saturated carbocycles. The summed E-state index contributed by atoms with van der Waals surface area (Å²) in [5.74, 6) is 0.778. The molecule has 2 aliphatic carbocycles. The van der Waals surface area contributed by atoms with E-state index in [-0.39, 0.29) is 11.2 Å². The Morgan fingerprint density at radius 1 is 1.46 bits per heavy atom. The smallest absolute Gasteiger partial charge is 0.181 e. The Kier molecular flexibility index (Phi) is 2.16. The predicted molar refractivity (Wildman–Crippen MR) is 54.1 cm³/mol. The Hall–Kier alpha value is 0.250. The Bertz CT molecular complexity index is 241. The van der Waals surface area contributed by atoms with Gasteiger partial charge in [0.25, 0.3) is 0 Å². The normalized spacial score (nSPS) is 41.5. The van der Waals surface area contributed by atoms with Crippen molar-refractivity contribution in [1.29, 1.82) is 0 Å². The van der Waals surface area contributed by atoms with Gasteiger partial charge in [0.2, 0.25) is 0 Å². The highest BCUT2D eigenvalue weighted by molar-refractivity contribution is 6.61. The minimum atomic E-state index is -1.04. The molecule has 0 aromatic carbocycles. The highest BCUT2D eigenvalue weighted by Gasteiger charge is 2.68. The van der Waals surface area contributed by atoms with Gasteiger partial charge in [0.05, 0.1) is 0 Å². The zero-order valence-electron chi connectivity index (χ0n) is 7.78. The van der Waals surface area contributed by atoms with Crippen LogP contribution in [0.3, 0.4) is 0 Å². The van der Waals surface area contributed by atoms with Gasteiger partial charge in [-0.05, 0) is 18.8 Å². The van der Waals surface area contributed by atoms with Crippen molar-refractivity contribution in [3.05, 3.63) is 0 Å². The number of rotatable bonds is 2. The average molecular weight is 221 g/mol. The average Bonchev–Trinajstić information content (AvgIpc) is 2.00. The molecular formula is C10H14Cl2O. The van der Waals surface area contributed by atoms with Gasteiger partial charge in [-0.3, -0.25) is 4.79 Å². The second-order valence-electron chi connectivity index (χ2n) is 4.52. The van der Waals surface area contributed by atoms with Gasteiger partial charge < -0.3 is 0 Å². The van der Waals surface area contributed by atoms with E-state index < -0.39 is 4.33 Å². The third kappa shape index (κ3) is 1.16. The largest absolute Gasteiger partial charge is 0.296 e. The van der Waals surface area contributed by atoms with E-state index in [1.54, 1.807) is 0 Å². The third-order valence-electron chi connectivity index (χ3n) is 3.57. The van der Waals surface area contributed by atoms with Crippen LogP contribution in [0.5, 0.6) is 0 Å². The summed E-state index contributed by atoms with van der Waals surface area (Å²) in [5, 5.41) is 0. The zero-order valence-corrected chi connectivity index (χ0v) is 9.29. The Labute approximate surface area is 88.8 Å². The molecule has 3 heteroatoms. The molecular weight excluding hydrogens is 207 g/mol. The standard InChI is InChI=1S/C10H14Cl2O/c1-2-3-7-4-9(5-7)6-8(13)10(9,11)12/h7H,2-6H2,1H3. The van der Waals surface area contributed by atoms with Crippen LogP contribution in [0.15, 0.2) is 0 Å². The van der Waals surface area contributed by atoms with Crippen LogP contribution in [-0.2, 0) is 4.79 Å². The lowest BCUT2D eigenvalue weighted by molar-refractivity contribution is -0.144. The van der Waals surface area contributed by atoms with Crippen LogP contribution in [0.25, 0.3) is 0 Å². The quantitative estimate of drug-likeness (QED) is 0.653. The van der Waals surface area contributed by atoms with Crippen LogP contribution in [0.4, 0.5) is 0 Å². The molecule has 74 valence electrons. The number of halogens is 2. The van der Waals surface area contributed by atoms with Gasteiger partial charge in [-0.25, -0.2) is 0 Å². The molecule has 0 radical (unpaired) electrons. The number of hydrogen-bond donors (Lipinski definition) is 0. The molecule has 2 aliphatic rings. The van der Waals surface area contributed by atoms with Crippen molar-refractivity contribution < 1.29 is 4.79 Å². The molecule has 0 aliphatic heterocycles. The lowest BCUT2D eigenvalue weighted by Crippen LogP contribution is -2.63. The molecule has 0 amide bonds. The van der Waals surface area contributed by atoms with E-state index in [9.17, 15) is 4.79 Å². The first-order valence-electron chi connectivity index (χ1n) is 4.93. The van der Waals surface area contributed by atoms with Gasteiger partial charge >= 0.3 is 0 Å². The lowest BCUT2D eigenvalue weighted by Gasteiger charge is -2.60. The summed E-state index contributed by atoms with van der Waals surface area (Å²) in [5.41, 5.74) is -0.0347. The van der Waals surface area contributed by atoms with E-state index in [1.165, 1.54) is 12.8 Å². The van der Waals surface area contributed by atoms with Crippen molar-refractivity contribution in [1.82, 2.24) is 0 Å². The van der Waals surface area contributed by atoms with Crippen molar-refractivity contribution in [3.63, 3.8) is 0 Å². The van der Waals surface area contributed by atoms with E-state index in [2.05, 4.69) is 6.92 Å². The Morgan fingerprint density at radius 3 is 2.46 bits per heavy atom. The summed E-state index contributed by atoms with van der Waals surface area (Å²) < 4.78 is -1.04. The van der Waals surface area contributed by atoms with Gasteiger partial charge in [-0.15, -0.1) is 0 Å². The number of alkyl halides is 2. The fraction of sp³-hybridized carbons (Fsp3) is 0.900. The minimum absolute atomic E-state index is 0.0192. The molecule has 0 heterocycles. The Morgan fingerprint density at radius 2 is 2.08 bits per heavy atom. The van der Waals surface area contributed by atoms with E-state index in [0.29, 0.717) is 6.42 Å². The summed E-state index contributed by atoms with van der Waals surface area (Å²) in [6.45, 7) is 2.19. The first-order chi connectivity index (χ1) is 6.02. The van der Waals surface area contributed by atoms with Crippen LogP contribution in [0.2, 0.25) is 0 Å². The van der Waals surface area contributed by atoms with Crippen molar-refractivity contribution >= 4 is 29.0 Å². The van der Waals surface area contributed by atoms with Crippen LogP contribution < -0.4 is 0 Å². The zero-order chi connectivity index (χ0) is 9.69. The van der Waals surface area contributed by atoms with Gasteiger partial charge in [0.15, 0.2) is 10.1 Å². The number of carbonyl (C=O) groups excluding carboxylic acids is 1. The summed E-state index contributed by atoms with van der Waals surface area (Å²) in [4.78, 5) is 11.2. The maximum absolute atomic E-state index is 11.2. The number of ketones is 1. The molecule has 2 rings (SSSR count). The van der Waals surface area contributed by atoms with Gasteiger partial charge in [0, 0.05) is 11.8 Å². The molecule has 0 aromatic rings. The number of Topliss-reactive ketones (excluding diaryl/α,β-unsaturated/α-hetero) is 1. The molecule has 0 saturated heterocycles. The van der Waals surface area contributed by atoms with Crippen molar-refractivity contribution in [2.24, 2.45) is 11.3 Å². The van der Waals surface area contributed by atoms with E-state index in [1.807, 2.05) is 0 Å². The van der Waals surface area contributed by atoms with E-state index >= 15 is 0 Å². The highest BCUT2D eigenvalue weighted by Crippen LogP contribution is 2.67. The first kappa shape index (κ1) is 9.79. The third-order valence-corrected chi connectivity index (χ3v) is 4.79. The second kappa shape index (κ2) is 2.87. The molecule has 0 unspecified atom stereocenters. The summed E-state index contributed by atoms with van der Waals surface area (Å²) in [6, 6.07) is 0. The van der Waals surface area contributed by atoms with E-state index in [4.69, 9.17) is 23.2 Å². The number of carbonyl (C=O) groups is 1. The minimum Gasteiger partial charge on any atom is -0.296 e. The molecule has 13 heavy (non-hydrogen) atoms. The Balaban J connectivity index is 1.95. The van der Waals surface area contributed by atoms with Crippen LogP contribution >= 0.6 is 23.2 Å². The predicted octanol–water partition coefficient (Wildman–Crippen LogP) is 3.33. The maximum Gasteiger partial charge on any atom is 0.181 e. The van der Waals surface area contributed by atoms with Crippen molar-refractivity contribution in [2.75, 3.05) is 0 Å². The molecule has 2 fully saturated rings. The maximum atomic E-state index is 11.2. The molecule has 0 N–H and O–H groups in total. The van der Waals surface area contributed by atoms with Crippen LogP contribution in [0.1, 0.15) is 39.0 Å². The fourth-order valence-corrected chi connectivity index (χ4v) is 3.35. The first-order valence-corrected chi connectivity index (χ1v) is 5.68. The number of hydrogen-bond acceptors (Lipinski definition) is 1. The summed E-state index contributed by atoms with van der Waals surface area (Å²) >= 11 is 12.0. The lowest BCUT2D eigenvalue weighted by atomic mass is 9.50. The summed E-state index contributed by atoms with van der Waals surface area (Å²) in [7, 11) is 0.